The molecule has 0 radical (unpaired) electrons. The molecule has 0 saturated carbocycles. The van der Waals surface area contributed by atoms with E-state index in [1.54, 1.807) is 24.3 Å². The highest BCUT2D eigenvalue weighted by Gasteiger charge is 2.14. The molecule has 0 spiro atoms. The summed E-state index contributed by atoms with van der Waals surface area (Å²) in [5.74, 6) is -1.54. The van der Waals surface area contributed by atoms with E-state index in [1.165, 1.54) is 31.2 Å². The first-order valence-corrected chi connectivity index (χ1v) is 8.00. The zero-order chi connectivity index (χ0) is 17.0. The molecule has 0 fully saturated rings. The van der Waals surface area contributed by atoms with Gasteiger partial charge in [-0.1, -0.05) is 24.3 Å². The minimum atomic E-state index is -3.83. The van der Waals surface area contributed by atoms with Crippen molar-refractivity contribution in [1.29, 1.82) is 0 Å². The van der Waals surface area contributed by atoms with E-state index in [0.29, 0.717) is 0 Å². The normalized spacial score (nSPS) is 11.0. The maximum absolute atomic E-state index is 11.9. The Labute approximate surface area is 133 Å². The van der Waals surface area contributed by atoms with Gasteiger partial charge in [-0.15, -0.1) is 4.83 Å². The van der Waals surface area contributed by atoms with Gasteiger partial charge in [-0.05, 0) is 35.4 Å². The van der Waals surface area contributed by atoms with Crippen molar-refractivity contribution in [2.45, 2.75) is 11.8 Å². The lowest BCUT2D eigenvalue weighted by Crippen LogP contribution is -2.40. The van der Waals surface area contributed by atoms with Gasteiger partial charge in [0.1, 0.15) is 0 Å². The molecule has 0 heterocycles. The molecule has 2 aromatic carbocycles. The number of carbonyl (C=O) groups excluding carboxylic acids is 1. The fraction of sp³-hybridized carbons (Fsp3) is 0.0667. The SMILES string of the molecule is CC(=O)NNS(=O)(=O)c1ccc(-c2ccc(C(=O)O)cc2)cc1. The number of amides is 1. The smallest absolute Gasteiger partial charge is 0.335 e. The molecule has 2 rings (SSSR count). The average Bonchev–Trinajstić information content (AvgIpc) is 2.53. The van der Waals surface area contributed by atoms with Crippen LogP contribution in [0.2, 0.25) is 0 Å². The second-order valence-corrected chi connectivity index (χ2v) is 6.38. The minimum Gasteiger partial charge on any atom is -0.478 e. The summed E-state index contributed by atoms with van der Waals surface area (Å²) in [5.41, 5.74) is 3.68. The number of benzene rings is 2. The number of rotatable bonds is 5. The van der Waals surface area contributed by atoms with Gasteiger partial charge in [0.2, 0.25) is 5.91 Å². The van der Waals surface area contributed by atoms with Crippen LogP contribution >= 0.6 is 0 Å². The highest BCUT2D eigenvalue weighted by atomic mass is 32.2. The van der Waals surface area contributed by atoms with Gasteiger partial charge in [0.05, 0.1) is 10.5 Å². The summed E-state index contributed by atoms with van der Waals surface area (Å²) >= 11 is 0. The first kappa shape index (κ1) is 16.7. The Morgan fingerprint density at radius 3 is 1.83 bits per heavy atom. The van der Waals surface area contributed by atoms with Crippen LogP contribution in [0.25, 0.3) is 11.1 Å². The number of hydrazine groups is 1. The fourth-order valence-electron chi connectivity index (χ4n) is 1.83. The van der Waals surface area contributed by atoms with Crippen molar-refractivity contribution in [3.8, 4) is 11.1 Å². The third-order valence-electron chi connectivity index (χ3n) is 2.99. The third-order valence-corrected chi connectivity index (χ3v) is 4.25. The van der Waals surface area contributed by atoms with Crippen LogP contribution in [-0.2, 0) is 14.8 Å². The van der Waals surface area contributed by atoms with Crippen LogP contribution in [-0.4, -0.2) is 25.4 Å². The van der Waals surface area contributed by atoms with Crippen LogP contribution in [0.15, 0.2) is 53.4 Å². The lowest BCUT2D eigenvalue weighted by molar-refractivity contribution is -0.119. The van der Waals surface area contributed by atoms with Crippen LogP contribution < -0.4 is 10.3 Å². The van der Waals surface area contributed by atoms with Gasteiger partial charge >= 0.3 is 5.97 Å². The van der Waals surface area contributed by atoms with Gasteiger partial charge in [0.15, 0.2) is 0 Å². The topological polar surface area (TPSA) is 113 Å². The minimum absolute atomic E-state index is 0.00263. The molecule has 0 aromatic heterocycles. The third kappa shape index (κ3) is 4.15. The summed E-state index contributed by atoms with van der Waals surface area (Å²) in [6.45, 7) is 1.19. The summed E-state index contributed by atoms with van der Waals surface area (Å²) in [6, 6.07) is 12.2. The van der Waals surface area contributed by atoms with E-state index in [-0.39, 0.29) is 10.5 Å². The lowest BCUT2D eigenvalue weighted by atomic mass is 10.0. The summed E-state index contributed by atoms with van der Waals surface area (Å²) in [4.78, 5) is 23.5. The Morgan fingerprint density at radius 2 is 1.39 bits per heavy atom. The Bertz CT molecular complexity index is 827. The number of hydrogen-bond acceptors (Lipinski definition) is 4. The predicted molar refractivity (Wildman–Crippen MR) is 83.0 cm³/mol. The molecular formula is C15H14N2O5S. The van der Waals surface area contributed by atoms with Crippen molar-refractivity contribution < 1.29 is 23.1 Å². The van der Waals surface area contributed by atoms with Gasteiger partial charge in [0.25, 0.3) is 10.0 Å². The Morgan fingerprint density at radius 1 is 0.913 bits per heavy atom. The quantitative estimate of drug-likeness (QED) is 0.715. The van der Waals surface area contributed by atoms with E-state index in [0.717, 1.165) is 11.1 Å². The lowest BCUT2D eigenvalue weighted by Gasteiger charge is -2.08. The monoisotopic (exact) mass is 334 g/mol. The molecule has 23 heavy (non-hydrogen) atoms. The molecule has 3 N–H and O–H groups in total. The van der Waals surface area contributed by atoms with Gasteiger partial charge in [-0.2, -0.15) is 0 Å². The zero-order valence-corrected chi connectivity index (χ0v) is 12.9. The van der Waals surface area contributed by atoms with Crippen LogP contribution in [0.1, 0.15) is 17.3 Å². The molecule has 0 aliphatic carbocycles. The number of carbonyl (C=O) groups is 2. The molecule has 7 nitrogen and oxygen atoms in total. The van der Waals surface area contributed by atoms with Crippen molar-refractivity contribution in [1.82, 2.24) is 10.3 Å². The fourth-order valence-corrected chi connectivity index (χ4v) is 2.72. The number of carboxylic acids is 1. The van der Waals surface area contributed by atoms with E-state index in [9.17, 15) is 18.0 Å². The van der Waals surface area contributed by atoms with Crippen molar-refractivity contribution in [3.05, 3.63) is 54.1 Å². The Balaban J connectivity index is 2.22. The molecule has 120 valence electrons. The first-order chi connectivity index (χ1) is 10.8. The maximum Gasteiger partial charge on any atom is 0.335 e. The van der Waals surface area contributed by atoms with Crippen molar-refractivity contribution in [2.75, 3.05) is 0 Å². The van der Waals surface area contributed by atoms with E-state index in [2.05, 4.69) is 0 Å². The molecule has 0 bridgehead atoms. The Kier molecular flexibility index (Phi) is 4.77. The van der Waals surface area contributed by atoms with Crippen molar-refractivity contribution in [3.63, 3.8) is 0 Å². The van der Waals surface area contributed by atoms with E-state index in [1.807, 2.05) is 10.3 Å². The first-order valence-electron chi connectivity index (χ1n) is 6.52. The molecule has 0 aliphatic heterocycles. The van der Waals surface area contributed by atoms with Gasteiger partial charge < -0.3 is 5.11 Å². The van der Waals surface area contributed by atoms with Crippen LogP contribution in [0, 0.1) is 0 Å². The second kappa shape index (κ2) is 6.59. The summed E-state index contributed by atoms with van der Waals surface area (Å²) < 4.78 is 23.8. The van der Waals surface area contributed by atoms with Crippen LogP contribution in [0.3, 0.4) is 0 Å². The van der Waals surface area contributed by atoms with Crippen molar-refractivity contribution >= 4 is 21.9 Å². The average molecular weight is 334 g/mol. The van der Waals surface area contributed by atoms with Crippen LogP contribution in [0.4, 0.5) is 0 Å². The van der Waals surface area contributed by atoms with E-state index < -0.39 is 21.9 Å². The number of sulfonamides is 1. The van der Waals surface area contributed by atoms with E-state index in [4.69, 9.17) is 5.11 Å². The summed E-state index contributed by atoms with van der Waals surface area (Å²) in [5, 5.41) is 8.86. The molecule has 0 atom stereocenters. The molecule has 2 aromatic rings. The standard InChI is InChI=1S/C15H14N2O5S/c1-10(18)16-17-23(21,22)14-8-6-12(7-9-14)11-2-4-13(5-3-11)15(19)20/h2-9,17H,1H3,(H,16,18)(H,19,20). The number of nitrogens with one attached hydrogen (secondary N) is 2. The summed E-state index contributed by atoms with van der Waals surface area (Å²) in [7, 11) is -3.83. The largest absolute Gasteiger partial charge is 0.478 e. The van der Waals surface area contributed by atoms with Gasteiger partial charge in [0, 0.05) is 6.92 Å². The van der Waals surface area contributed by atoms with E-state index >= 15 is 0 Å². The molecule has 0 saturated heterocycles. The molecule has 8 heteroatoms. The van der Waals surface area contributed by atoms with Gasteiger partial charge in [-0.3, -0.25) is 10.2 Å². The molecule has 0 unspecified atom stereocenters. The molecular weight excluding hydrogens is 320 g/mol. The zero-order valence-electron chi connectivity index (χ0n) is 12.1. The maximum atomic E-state index is 11.9. The van der Waals surface area contributed by atoms with Gasteiger partial charge in [-0.25, -0.2) is 13.2 Å². The number of carboxylic acid groups (broad SMARTS) is 1. The molecule has 1 amide bonds. The van der Waals surface area contributed by atoms with Crippen LogP contribution in [0.5, 0.6) is 0 Å². The number of aromatic carboxylic acids is 1. The molecule has 0 aliphatic rings. The highest BCUT2D eigenvalue weighted by Crippen LogP contribution is 2.21. The predicted octanol–water partition coefficient (Wildman–Crippen LogP) is 1.38. The second-order valence-electron chi connectivity index (χ2n) is 4.69. The number of hydrogen-bond donors (Lipinski definition) is 3. The van der Waals surface area contributed by atoms with Crippen molar-refractivity contribution in [2.24, 2.45) is 0 Å². The highest BCUT2D eigenvalue weighted by molar-refractivity contribution is 7.89. The Hall–Kier alpha value is -2.71. The summed E-state index contributed by atoms with van der Waals surface area (Å²) in [6.07, 6.45) is 0.